The van der Waals surface area contributed by atoms with E-state index in [1.165, 1.54) is 11.8 Å². The fourth-order valence-corrected chi connectivity index (χ4v) is 1.78. The largest absolute Gasteiger partial charge is 0.479 e. The van der Waals surface area contributed by atoms with Crippen LogP contribution in [0.5, 0.6) is 0 Å². The Morgan fingerprint density at radius 3 is 2.26 bits per heavy atom. The van der Waals surface area contributed by atoms with Gasteiger partial charge < -0.3 is 14.9 Å². The zero-order chi connectivity index (χ0) is 15.1. The first-order valence-corrected chi connectivity index (χ1v) is 6.52. The number of carbonyl (C=O) groups excluding carboxylic acids is 1. The maximum Gasteiger partial charge on any atom is 0.354 e. The Balaban J connectivity index is 4.71. The van der Waals surface area contributed by atoms with Crippen LogP contribution in [0.4, 0.5) is 0 Å². The average molecular weight is 296 g/mol. The molecular formula is C10H16O8S. The summed E-state index contributed by atoms with van der Waals surface area (Å²) < 4.78 is 4.55. The third-order valence-corrected chi connectivity index (χ3v) is 3.36. The number of ether oxygens (including phenoxy) is 1. The molecular weight excluding hydrogens is 280 g/mol. The lowest BCUT2D eigenvalue weighted by molar-refractivity contribution is -0.308. The molecule has 0 aromatic rings. The molecule has 110 valence electrons. The minimum atomic E-state index is -2.65. The van der Waals surface area contributed by atoms with Crippen molar-refractivity contribution in [3.63, 3.8) is 0 Å². The van der Waals surface area contributed by atoms with Gasteiger partial charge in [-0.1, -0.05) is 6.92 Å². The standard InChI is InChI=1S/C10H16O8S/c1-3-4-19-5-6(7(11)12)17-9(15)10(2,18-16)8(13)14/h6,16H,3-5H2,1-2H3,(H,11,12)(H,13,14). The summed E-state index contributed by atoms with van der Waals surface area (Å²) in [4.78, 5) is 36.8. The first-order chi connectivity index (χ1) is 8.79. The van der Waals surface area contributed by atoms with E-state index in [2.05, 4.69) is 9.62 Å². The highest BCUT2D eigenvalue weighted by atomic mass is 32.2. The summed E-state index contributed by atoms with van der Waals surface area (Å²) in [6.45, 7) is 2.66. The lowest BCUT2D eigenvalue weighted by atomic mass is 10.1. The van der Waals surface area contributed by atoms with Crippen molar-refractivity contribution in [2.45, 2.75) is 32.0 Å². The van der Waals surface area contributed by atoms with E-state index in [1.54, 1.807) is 0 Å². The maximum absolute atomic E-state index is 11.5. The van der Waals surface area contributed by atoms with E-state index >= 15 is 0 Å². The van der Waals surface area contributed by atoms with Crippen molar-refractivity contribution < 1.29 is 39.5 Å². The molecule has 0 heterocycles. The molecule has 3 N–H and O–H groups in total. The van der Waals surface area contributed by atoms with Crippen LogP contribution < -0.4 is 0 Å². The van der Waals surface area contributed by atoms with Crippen molar-refractivity contribution in [2.24, 2.45) is 0 Å². The molecule has 9 heteroatoms. The van der Waals surface area contributed by atoms with Crippen molar-refractivity contribution in [1.29, 1.82) is 0 Å². The number of rotatable bonds is 9. The molecule has 0 rings (SSSR count). The number of carbonyl (C=O) groups is 3. The number of carboxylic acid groups (broad SMARTS) is 2. The molecule has 0 saturated heterocycles. The summed E-state index contributed by atoms with van der Waals surface area (Å²) in [5, 5.41) is 26.0. The molecule has 2 atom stereocenters. The SMILES string of the molecule is CCCSCC(OC(=O)C(C)(OO)C(=O)O)C(=O)O. The third-order valence-electron chi connectivity index (χ3n) is 2.12. The lowest BCUT2D eigenvalue weighted by Crippen LogP contribution is -2.49. The highest BCUT2D eigenvalue weighted by Crippen LogP contribution is 2.15. The number of hydrogen-bond donors (Lipinski definition) is 3. The predicted octanol–water partition coefficient (Wildman–Crippen LogP) is 0.459. The van der Waals surface area contributed by atoms with Gasteiger partial charge in [0.2, 0.25) is 6.10 Å². The van der Waals surface area contributed by atoms with Crippen LogP contribution in [-0.2, 0) is 24.0 Å². The minimum Gasteiger partial charge on any atom is -0.479 e. The first kappa shape index (κ1) is 17.7. The van der Waals surface area contributed by atoms with Gasteiger partial charge in [0.15, 0.2) is 0 Å². The molecule has 2 unspecified atom stereocenters. The second-order valence-electron chi connectivity index (χ2n) is 3.74. The van der Waals surface area contributed by atoms with Crippen LogP contribution in [0.3, 0.4) is 0 Å². The Hall–Kier alpha value is -1.32. The fourth-order valence-electron chi connectivity index (χ4n) is 0.896. The predicted molar refractivity (Wildman–Crippen MR) is 64.9 cm³/mol. The smallest absolute Gasteiger partial charge is 0.354 e. The topological polar surface area (TPSA) is 130 Å². The van der Waals surface area contributed by atoms with Crippen LogP contribution in [0.1, 0.15) is 20.3 Å². The number of aliphatic carboxylic acids is 2. The van der Waals surface area contributed by atoms with Gasteiger partial charge in [-0.2, -0.15) is 11.8 Å². The van der Waals surface area contributed by atoms with Gasteiger partial charge in [0.05, 0.1) is 0 Å². The molecule has 0 aliphatic carbocycles. The number of hydrogen-bond acceptors (Lipinski definition) is 7. The van der Waals surface area contributed by atoms with E-state index in [4.69, 9.17) is 15.5 Å². The van der Waals surface area contributed by atoms with Crippen LogP contribution >= 0.6 is 11.8 Å². The quantitative estimate of drug-likeness (QED) is 0.182. The summed E-state index contributed by atoms with van der Waals surface area (Å²) in [6, 6.07) is 0. The van der Waals surface area contributed by atoms with Gasteiger partial charge in [-0.25, -0.2) is 19.3 Å². The molecule has 0 amide bonds. The molecule has 0 bridgehead atoms. The Kier molecular flexibility index (Phi) is 7.42. The van der Waals surface area contributed by atoms with E-state index < -0.39 is 29.6 Å². The summed E-state index contributed by atoms with van der Waals surface area (Å²) >= 11 is 1.25. The van der Waals surface area contributed by atoms with Crippen LogP contribution in [0.2, 0.25) is 0 Å². The lowest BCUT2D eigenvalue weighted by Gasteiger charge is -2.21. The van der Waals surface area contributed by atoms with Crippen molar-refractivity contribution >= 4 is 29.7 Å². The van der Waals surface area contributed by atoms with Crippen molar-refractivity contribution in [2.75, 3.05) is 11.5 Å². The monoisotopic (exact) mass is 296 g/mol. The summed E-state index contributed by atoms with van der Waals surface area (Å²) in [5.41, 5.74) is -2.65. The Morgan fingerprint density at radius 2 is 1.89 bits per heavy atom. The molecule has 0 saturated carbocycles. The van der Waals surface area contributed by atoms with Crippen molar-refractivity contribution in [3.05, 3.63) is 0 Å². The molecule has 0 aliphatic heterocycles. The molecule has 0 radical (unpaired) electrons. The van der Waals surface area contributed by atoms with Gasteiger partial charge >= 0.3 is 17.9 Å². The molecule has 0 fully saturated rings. The Morgan fingerprint density at radius 1 is 1.32 bits per heavy atom. The highest BCUT2D eigenvalue weighted by molar-refractivity contribution is 7.99. The normalized spacial score (nSPS) is 15.3. The number of carboxylic acids is 2. The third kappa shape index (κ3) is 5.05. The second kappa shape index (κ2) is 7.97. The second-order valence-corrected chi connectivity index (χ2v) is 4.89. The average Bonchev–Trinajstić information content (AvgIpc) is 2.35. The van der Waals surface area contributed by atoms with Crippen molar-refractivity contribution in [3.8, 4) is 0 Å². The molecule has 0 spiro atoms. The number of esters is 1. The molecule has 0 aliphatic rings. The molecule has 0 aromatic carbocycles. The summed E-state index contributed by atoms with van der Waals surface area (Å²) in [5.74, 6) is -4.01. The molecule has 19 heavy (non-hydrogen) atoms. The molecule has 8 nitrogen and oxygen atoms in total. The van der Waals surface area contributed by atoms with E-state index in [1.807, 2.05) is 6.92 Å². The number of thioether (sulfide) groups is 1. The van der Waals surface area contributed by atoms with Crippen LogP contribution in [0.25, 0.3) is 0 Å². The van der Waals surface area contributed by atoms with Crippen molar-refractivity contribution in [1.82, 2.24) is 0 Å². The van der Waals surface area contributed by atoms with E-state index in [0.29, 0.717) is 5.75 Å². The fraction of sp³-hybridized carbons (Fsp3) is 0.700. The molecule has 0 aromatic heterocycles. The van der Waals surface area contributed by atoms with E-state index in [-0.39, 0.29) is 5.75 Å². The van der Waals surface area contributed by atoms with Gasteiger partial charge in [0, 0.05) is 5.75 Å². The zero-order valence-electron chi connectivity index (χ0n) is 10.5. The van der Waals surface area contributed by atoms with Gasteiger partial charge in [0.1, 0.15) is 0 Å². The van der Waals surface area contributed by atoms with Gasteiger partial charge in [-0.05, 0) is 19.1 Å². The van der Waals surface area contributed by atoms with E-state index in [0.717, 1.165) is 13.3 Å². The first-order valence-electron chi connectivity index (χ1n) is 5.37. The Bertz CT molecular complexity index is 344. The maximum atomic E-state index is 11.5. The minimum absolute atomic E-state index is 0.0178. The van der Waals surface area contributed by atoms with Crippen LogP contribution in [0, 0.1) is 0 Å². The van der Waals surface area contributed by atoms with Gasteiger partial charge in [-0.3, -0.25) is 5.26 Å². The van der Waals surface area contributed by atoms with Crippen LogP contribution in [0.15, 0.2) is 0 Å². The summed E-state index contributed by atoms with van der Waals surface area (Å²) in [6.07, 6.45) is -0.685. The van der Waals surface area contributed by atoms with E-state index in [9.17, 15) is 14.4 Å². The summed E-state index contributed by atoms with van der Waals surface area (Å²) in [7, 11) is 0. The van der Waals surface area contributed by atoms with Gasteiger partial charge in [-0.15, -0.1) is 0 Å². The van der Waals surface area contributed by atoms with Gasteiger partial charge in [0.25, 0.3) is 5.60 Å². The van der Waals surface area contributed by atoms with Crippen LogP contribution in [-0.4, -0.2) is 56.6 Å². The zero-order valence-corrected chi connectivity index (χ0v) is 11.3. The Labute approximate surface area is 113 Å². The highest BCUT2D eigenvalue weighted by Gasteiger charge is 2.47.